The lowest BCUT2D eigenvalue weighted by Gasteiger charge is -2.22. The highest BCUT2D eigenvalue weighted by Gasteiger charge is 2.18. The van der Waals surface area contributed by atoms with E-state index in [0.717, 1.165) is 35.9 Å². The van der Waals surface area contributed by atoms with Gasteiger partial charge in [0.1, 0.15) is 6.61 Å². The minimum absolute atomic E-state index is 0.0328. The zero-order valence-corrected chi connectivity index (χ0v) is 15.9. The van der Waals surface area contributed by atoms with Crippen LogP contribution in [-0.2, 0) is 20.7 Å². The van der Waals surface area contributed by atoms with E-state index in [-0.39, 0.29) is 18.5 Å². The van der Waals surface area contributed by atoms with Crippen molar-refractivity contribution in [2.24, 2.45) is 0 Å². The van der Waals surface area contributed by atoms with E-state index in [2.05, 4.69) is 15.9 Å². The second-order valence-corrected chi connectivity index (χ2v) is 6.46. The number of esters is 1. The Kier molecular flexibility index (Phi) is 7.85. The molecule has 0 saturated carbocycles. The summed E-state index contributed by atoms with van der Waals surface area (Å²) in [6.07, 6.45) is 3.38. The van der Waals surface area contributed by atoms with Crippen LogP contribution in [0.3, 0.4) is 0 Å². The van der Waals surface area contributed by atoms with Crippen LogP contribution in [0.25, 0.3) is 0 Å². The van der Waals surface area contributed by atoms with Gasteiger partial charge < -0.3 is 18.9 Å². The fourth-order valence-corrected chi connectivity index (χ4v) is 3.04. The first kappa shape index (κ1) is 19.1. The Morgan fingerprint density at radius 3 is 2.54 bits per heavy atom. The highest BCUT2D eigenvalue weighted by Crippen LogP contribution is 2.34. The van der Waals surface area contributed by atoms with Gasteiger partial charge in [-0.3, -0.25) is 4.79 Å². The maximum Gasteiger partial charge on any atom is 0.310 e. The number of hydrogen-bond donors (Lipinski definition) is 0. The summed E-state index contributed by atoms with van der Waals surface area (Å²) in [4.78, 5) is 12.1. The molecule has 0 aromatic heterocycles. The first-order valence-corrected chi connectivity index (χ1v) is 9.28. The molecule has 0 spiro atoms. The van der Waals surface area contributed by atoms with Crippen LogP contribution in [-0.4, -0.2) is 38.5 Å². The molecule has 1 fully saturated rings. The van der Waals surface area contributed by atoms with E-state index in [0.29, 0.717) is 31.3 Å². The van der Waals surface area contributed by atoms with Gasteiger partial charge in [0.05, 0.1) is 25.7 Å². The van der Waals surface area contributed by atoms with Gasteiger partial charge in [-0.1, -0.05) is 15.9 Å². The van der Waals surface area contributed by atoms with Crippen molar-refractivity contribution in [1.82, 2.24) is 0 Å². The normalized spacial score (nSPS) is 17.4. The molecule has 5 nitrogen and oxygen atoms in total. The summed E-state index contributed by atoms with van der Waals surface area (Å²) in [7, 11) is 0. The summed E-state index contributed by atoms with van der Waals surface area (Å²) in [6.45, 7) is 5.99. The zero-order chi connectivity index (χ0) is 17.4. The number of carbonyl (C=O) groups excluding carboxylic acids is 1. The second kappa shape index (κ2) is 9.89. The van der Waals surface area contributed by atoms with Crippen LogP contribution in [0.5, 0.6) is 11.5 Å². The summed E-state index contributed by atoms with van der Waals surface area (Å²) in [5.74, 6) is 1.04. The van der Waals surface area contributed by atoms with Gasteiger partial charge in [-0.05, 0) is 50.8 Å². The maximum absolute atomic E-state index is 12.1. The molecule has 1 heterocycles. The van der Waals surface area contributed by atoms with Gasteiger partial charge in [0.25, 0.3) is 0 Å². The number of benzene rings is 1. The molecular weight excluding hydrogens is 376 g/mol. The molecule has 24 heavy (non-hydrogen) atoms. The van der Waals surface area contributed by atoms with Gasteiger partial charge in [0.15, 0.2) is 11.5 Å². The van der Waals surface area contributed by atoms with Crippen molar-refractivity contribution in [3.05, 3.63) is 22.2 Å². The Morgan fingerprint density at radius 1 is 1.21 bits per heavy atom. The summed E-state index contributed by atoms with van der Waals surface area (Å²) in [6, 6.07) is 3.66. The van der Waals surface area contributed by atoms with Crippen molar-refractivity contribution < 1.29 is 23.7 Å². The number of halogens is 1. The maximum atomic E-state index is 12.1. The number of ether oxygens (including phenoxy) is 4. The molecule has 2 rings (SSSR count). The summed E-state index contributed by atoms with van der Waals surface area (Å²) < 4.78 is 22.9. The average Bonchev–Trinajstić information content (AvgIpc) is 2.58. The lowest BCUT2D eigenvalue weighted by atomic mass is 10.1. The van der Waals surface area contributed by atoms with Crippen LogP contribution in [0.1, 0.15) is 38.7 Å². The molecule has 1 aliphatic rings. The van der Waals surface area contributed by atoms with Crippen LogP contribution in [0.15, 0.2) is 16.6 Å². The minimum atomic E-state index is -0.267. The van der Waals surface area contributed by atoms with Crippen LogP contribution in [0, 0.1) is 0 Å². The van der Waals surface area contributed by atoms with Gasteiger partial charge in [0.2, 0.25) is 0 Å². The van der Waals surface area contributed by atoms with Crippen LogP contribution in [0.4, 0.5) is 0 Å². The van der Waals surface area contributed by atoms with E-state index >= 15 is 0 Å². The molecule has 1 aromatic rings. The first-order chi connectivity index (χ1) is 11.6. The van der Waals surface area contributed by atoms with E-state index in [1.54, 1.807) is 0 Å². The topological polar surface area (TPSA) is 54.0 Å². The van der Waals surface area contributed by atoms with E-state index < -0.39 is 0 Å². The van der Waals surface area contributed by atoms with Crippen molar-refractivity contribution in [2.75, 3.05) is 26.4 Å². The largest absolute Gasteiger partial charge is 0.490 e. The van der Waals surface area contributed by atoms with E-state index in [1.165, 1.54) is 0 Å². The molecule has 1 atom stereocenters. The molecule has 134 valence electrons. The molecule has 0 bridgehead atoms. The third kappa shape index (κ3) is 5.67. The van der Waals surface area contributed by atoms with Gasteiger partial charge in [-0.25, -0.2) is 0 Å². The third-order valence-corrected chi connectivity index (χ3v) is 4.49. The molecule has 1 aliphatic heterocycles. The van der Waals surface area contributed by atoms with Crippen LogP contribution in [0.2, 0.25) is 0 Å². The smallest absolute Gasteiger partial charge is 0.310 e. The lowest BCUT2D eigenvalue weighted by molar-refractivity contribution is -0.148. The van der Waals surface area contributed by atoms with Gasteiger partial charge in [-0.2, -0.15) is 0 Å². The predicted octanol–water partition coefficient (Wildman–Crippen LogP) is 3.90. The highest BCUT2D eigenvalue weighted by atomic mass is 79.9. The predicted molar refractivity (Wildman–Crippen MR) is 94.7 cm³/mol. The number of carbonyl (C=O) groups is 1. The third-order valence-electron chi connectivity index (χ3n) is 3.75. The minimum Gasteiger partial charge on any atom is -0.490 e. The van der Waals surface area contributed by atoms with Crippen molar-refractivity contribution in [3.8, 4) is 11.5 Å². The molecular formula is C18H25BrO5. The van der Waals surface area contributed by atoms with E-state index in [4.69, 9.17) is 18.9 Å². The Hall–Kier alpha value is -1.27. The van der Waals surface area contributed by atoms with Crippen molar-refractivity contribution in [2.45, 2.75) is 45.6 Å². The van der Waals surface area contributed by atoms with Gasteiger partial charge in [0, 0.05) is 11.1 Å². The van der Waals surface area contributed by atoms with Gasteiger partial charge in [-0.15, -0.1) is 0 Å². The monoisotopic (exact) mass is 400 g/mol. The lowest BCUT2D eigenvalue weighted by Crippen LogP contribution is -2.26. The Labute approximate surface area is 151 Å². The number of hydrogen-bond acceptors (Lipinski definition) is 5. The highest BCUT2D eigenvalue weighted by molar-refractivity contribution is 9.10. The summed E-state index contributed by atoms with van der Waals surface area (Å²) in [5.41, 5.74) is 0.816. The molecule has 0 amide bonds. The van der Waals surface area contributed by atoms with Crippen LogP contribution >= 0.6 is 15.9 Å². The SMILES string of the molecule is CCOc1cc(Br)c(CC(=O)OCC2CCCCO2)cc1OCC. The second-order valence-electron chi connectivity index (χ2n) is 5.60. The molecule has 0 N–H and O–H groups in total. The van der Waals surface area contributed by atoms with E-state index in [1.807, 2.05) is 26.0 Å². The Morgan fingerprint density at radius 2 is 1.92 bits per heavy atom. The summed E-state index contributed by atoms with van der Waals surface area (Å²) in [5, 5.41) is 0. The molecule has 1 saturated heterocycles. The first-order valence-electron chi connectivity index (χ1n) is 8.49. The zero-order valence-electron chi connectivity index (χ0n) is 14.3. The fraction of sp³-hybridized carbons (Fsp3) is 0.611. The van der Waals surface area contributed by atoms with Crippen molar-refractivity contribution in [3.63, 3.8) is 0 Å². The Balaban J connectivity index is 1.96. The molecule has 1 aromatic carbocycles. The van der Waals surface area contributed by atoms with Crippen molar-refractivity contribution >= 4 is 21.9 Å². The quantitative estimate of drug-likeness (QED) is 0.619. The molecule has 1 unspecified atom stereocenters. The number of rotatable bonds is 8. The fourth-order valence-electron chi connectivity index (χ4n) is 2.58. The van der Waals surface area contributed by atoms with Gasteiger partial charge >= 0.3 is 5.97 Å². The Bertz CT molecular complexity index is 540. The average molecular weight is 401 g/mol. The van der Waals surface area contributed by atoms with Crippen LogP contribution < -0.4 is 9.47 Å². The molecule has 6 heteroatoms. The molecule has 0 radical (unpaired) electrons. The van der Waals surface area contributed by atoms with E-state index in [9.17, 15) is 4.79 Å². The molecule has 0 aliphatic carbocycles. The standard InChI is InChI=1S/C18H25BrO5/c1-3-21-16-9-13(15(19)11-17(16)22-4-2)10-18(20)24-12-14-7-5-6-8-23-14/h9,11,14H,3-8,10,12H2,1-2H3. The summed E-state index contributed by atoms with van der Waals surface area (Å²) >= 11 is 3.49. The van der Waals surface area contributed by atoms with Crippen molar-refractivity contribution in [1.29, 1.82) is 0 Å².